The normalized spacial score (nSPS) is 17.8. The number of ketones is 1. The van der Waals surface area contributed by atoms with Crippen molar-refractivity contribution < 1.29 is 4.79 Å². The van der Waals surface area contributed by atoms with E-state index < -0.39 is 6.04 Å². The third kappa shape index (κ3) is 3.07. The molecule has 0 fully saturated rings. The number of hydrogen-bond acceptors (Lipinski definition) is 5. The Labute approximate surface area is 182 Å². The first-order chi connectivity index (χ1) is 14.5. The highest BCUT2D eigenvalue weighted by Gasteiger charge is 2.36. The van der Waals surface area contributed by atoms with Crippen LogP contribution in [0.15, 0.2) is 53.7 Å². The van der Waals surface area contributed by atoms with Gasteiger partial charge in [-0.3, -0.25) is 4.79 Å². The van der Waals surface area contributed by atoms with Crippen LogP contribution < -0.4 is 5.32 Å². The molecule has 2 aliphatic rings. The number of Topliss-reactive ketones (excluding diaryl/α,β-unsaturated/α-hetero) is 1. The van der Waals surface area contributed by atoms with E-state index in [0.29, 0.717) is 39.4 Å². The fourth-order valence-electron chi connectivity index (χ4n) is 3.96. The molecular weight excluding hydrogens is 421 g/mol. The minimum atomic E-state index is -0.402. The van der Waals surface area contributed by atoms with Crippen LogP contribution >= 0.6 is 23.2 Å². The van der Waals surface area contributed by atoms with Crippen LogP contribution in [0.4, 0.5) is 5.95 Å². The van der Waals surface area contributed by atoms with E-state index in [9.17, 15) is 4.79 Å². The predicted octanol–water partition coefficient (Wildman–Crippen LogP) is 5.15. The van der Waals surface area contributed by atoms with Crippen LogP contribution in [0.3, 0.4) is 0 Å². The van der Waals surface area contributed by atoms with Gasteiger partial charge in [-0.25, -0.2) is 4.68 Å². The number of nitrogens with zero attached hydrogens (tertiary/aromatic N) is 4. The molecule has 1 aromatic heterocycles. The highest BCUT2D eigenvalue weighted by Crippen LogP contribution is 2.41. The van der Waals surface area contributed by atoms with Gasteiger partial charge in [-0.05, 0) is 48.7 Å². The molecule has 2 aromatic carbocycles. The average molecular weight is 436 g/mol. The van der Waals surface area contributed by atoms with Gasteiger partial charge in [0.2, 0.25) is 5.95 Å². The molecule has 2 heterocycles. The summed E-state index contributed by atoms with van der Waals surface area (Å²) in [5.74, 6) is 1.16. The van der Waals surface area contributed by atoms with Crippen LogP contribution in [-0.2, 0) is 4.79 Å². The smallest absolute Gasteiger partial charge is 0.226 e. The standard InChI is InChI=1S/C22H15Cl2N5O/c23-15-9-8-14(10-16(15)24)21-27-22-26-17-2-1-3-18(30)19(17)20(29(22)28-21)13-6-4-12(11-25)5-7-13/h4-10,20H,1-3H2,(H,26,27,28). The monoisotopic (exact) mass is 435 g/mol. The second kappa shape index (κ2) is 7.28. The SMILES string of the molecule is N#Cc1ccc(C2C3=C(CCCC3=O)Nc3nc(-c4ccc(Cl)c(Cl)c4)nn32)cc1. The minimum absolute atomic E-state index is 0.107. The maximum Gasteiger partial charge on any atom is 0.226 e. The van der Waals surface area contributed by atoms with Gasteiger partial charge in [0, 0.05) is 23.3 Å². The summed E-state index contributed by atoms with van der Waals surface area (Å²) < 4.78 is 1.74. The molecule has 148 valence electrons. The van der Waals surface area contributed by atoms with Crippen molar-refractivity contribution in [3.8, 4) is 17.5 Å². The lowest BCUT2D eigenvalue weighted by atomic mass is 9.85. The molecular formula is C22H15Cl2N5O. The van der Waals surface area contributed by atoms with E-state index in [0.717, 1.165) is 29.7 Å². The molecule has 6 nitrogen and oxygen atoms in total. The molecule has 3 aromatic rings. The van der Waals surface area contributed by atoms with Crippen molar-refractivity contribution >= 4 is 34.9 Å². The lowest BCUT2D eigenvalue weighted by Gasteiger charge is -2.32. The fourth-order valence-corrected chi connectivity index (χ4v) is 4.26. The van der Waals surface area contributed by atoms with Crippen molar-refractivity contribution in [3.63, 3.8) is 0 Å². The van der Waals surface area contributed by atoms with Gasteiger partial charge in [0.05, 0.1) is 21.7 Å². The molecule has 0 spiro atoms. The molecule has 1 N–H and O–H groups in total. The quantitative estimate of drug-likeness (QED) is 0.601. The topological polar surface area (TPSA) is 83.6 Å². The molecule has 30 heavy (non-hydrogen) atoms. The van der Waals surface area contributed by atoms with Crippen LogP contribution in [0, 0.1) is 11.3 Å². The zero-order valence-electron chi connectivity index (χ0n) is 15.7. The Kier molecular flexibility index (Phi) is 4.58. The highest BCUT2D eigenvalue weighted by molar-refractivity contribution is 6.42. The Balaban J connectivity index is 1.66. The number of halogens is 2. The number of carbonyl (C=O) groups excluding carboxylic acids is 1. The van der Waals surface area contributed by atoms with Crippen LogP contribution in [0.2, 0.25) is 10.0 Å². The number of anilines is 1. The second-order valence-electron chi connectivity index (χ2n) is 7.26. The molecule has 5 rings (SSSR count). The van der Waals surface area contributed by atoms with Crippen molar-refractivity contribution in [1.82, 2.24) is 14.8 Å². The van der Waals surface area contributed by atoms with Crippen molar-refractivity contribution in [1.29, 1.82) is 5.26 Å². The van der Waals surface area contributed by atoms with Crippen molar-refractivity contribution in [2.75, 3.05) is 5.32 Å². The molecule has 1 aliphatic heterocycles. The predicted molar refractivity (Wildman–Crippen MR) is 114 cm³/mol. The van der Waals surface area contributed by atoms with E-state index in [-0.39, 0.29) is 5.78 Å². The Bertz CT molecular complexity index is 1250. The number of nitriles is 1. The highest BCUT2D eigenvalue weighted by atomic mass is 35.5. The number of carbonyl (C=O) groups is 1. The van der Waals surface area contributed by atoms with Gasteiger partial charge in [0.25, 0.3) is 0 Å². The average Bonchev–Trinajstić information content (AvgIpc) is 3.18. The maximum absolute atomic E-state index is 12.9. The zero-order valence-corrected chi connectivity index (χ0v) is 17.2. The zero-order chi connectivity index (χ0) is 20.8. The molecule has 1 aliphatic carbocycles. The van der Waals surface area contributed by atoms with Gasteiger partial charge < -0.3 is 5.32 Å². The Hall–Kier alpha value is -3.14. The Morgan fingerprint density at radius 1 is 1.10 bits per heavy atom. The third-order valence-corrected chi connectivity index (χ3v) is 6.14. The van der Waals surface area contributed by atoms with E-state index in [1.54, 1.807) is 28.9 Å². The first kappa shape index (κ1) is 18.9. The third-order valence-electron chi connectivity index (χ3n) is 5.40. The summed E-state index contributed by atoms with van der Waals surface area (Å²) in [5, 5.41) is 18.0. The van der Waals surface area contributed by atoms with Crippen molar-refractivity contribution in [2.24, 2.45) is 0 Å². The van der Waals surface area contributed by atoms with Gasteiger partial charge in [0.15, 0.2) is 11.6 Å². The summed E-state index contributed by atoms with van der Waals surface area (Å²) in [6.45, 7) is 0. The number of benzene rings is 2. The first-order valence-electron chi connectivity index (χ1n) is 9.50. The number of hydrogen-bond donors (Lipinski definition) is 1. The molecule has 0 amide bonds. The van der Waals surface area contributed by atoms with Gasteiger partial charge in [-0.1, -0.05) is 35.3 Å². The van der Waals surface area contributed by atoms with E-state index in [1.807, 2.05) is 18.2 Å². The Morgan fingerprint density at radius 2 is 1.90 bits per heavy atom. The number of nitrogens with one attached hydrogen (secondary N) is 1. The summed E-state index contributed by atoms with van der Waals surface area (Å²) in [5.41, 5.74) is 3.78. The molecule has 0 bridgehead atoms. The number of fused-ring (bicyclic) bond motifs is 1. The van der Waals surface area contributed by atoms with E-state index in [1.165, 1.54) is 0 Å². The first-order valence-corrected chi connectivity index (χ1v) is 10.3. The molecule has 0 saturated carbocycles. The van der Waals surface area contributed by atoms with Crippen molar-refractivity contribution in [3.05, 3.63) is 74.9 Å². The lowest BCUT2D eigenvalue weighted by molar-refractivity contribution is -0.116. The summed E-state index contributed by atoms with van der Waals surface area (Å²) in [4.78, 5) is 17.5. The van der Waals surface area contributed by atoms with Crippen LogP contribution in [0.1, 0.15) is 36.4 Å². The number of aromatic nitrogens is 3. The van der Waals surface area contributed by atoms with Crippen molar-refractivity contribution in [2.45, 2.75) is 25.3 Å². The van der Waals surface area contributed by atoms with Gasteiger partial charge in [-0.2, -0.15) is 10.2 Å². The summed E-state index contributed by atoms with van der Waals surface area (Å²) >= 11 is 12.2. The van der Waals surface area contributed by atoms with Gasteiger partial charge >= 0.3 is 0 Å². The molecule has 1 atom stereocenters. The Morgan fingerprint density at radius 3 is 2.63 bits per heavy atom. The molecule has 0 radical (unpaired) electrons. The molecule has 8 heteroatoms. The lowest BCUT2D eigenvalue weighted by Crippen LogP contribution is -2.31. The molecule has 0 saturated heterocycles. The molecule has 1 unspecified atom stereocenters. The van der Waals surface area contributed by atoms with Crippen LogP contribution in [-0.4, -0.2) is 20.5 Å². The van der Waals surface area contributed by atoms with Gasteiger partial charge in [-0.15, -0.1) is 5.10 Å². The number of allylic oxidation sites excluding steroid dienone is 2. The largest absolute Gasteiger partial charge is 0.328 e. The van der Waals surface area contributed by atoms with Crippen LogP contribution in [0.25, 0.3) is 11.4 Å². The maximum atomic E-state index is 12.9. The number of rotatable bonds is 2. The summed E-state index contributed by atoms with van der Waals surface area (Å²) in [6, 6.07) is 14.2. The van der Waals surface area contributed by atoms with Crippen LogP contribution in [0.5, 0.6) is 0 Å². The van der Waals surface area contributed by atoms with Gasteiger partial charge in [0.1, 0.15) is 6.04 Å². The van der Waals surface area contributed by atoms with E-state index in [2.05, 4.69) is 16.4 Å². The van der Waals surface area contributed by atoms with E-state index >= 15 is 0 Å². The van der Waals surface area contributed by atoms with E-state index in [4.69, 9.17) is 33.6 Å². The second-order valence-corrected chi connectivity index (χ2v) is 8.08. The minimum Gasteiger partial charge on any atom is -0.328 e. The fraction of sp³-hybridized carbons (Fsp3) is 0.182. The summed E-state index contributed by atoms with van der Waals surface area (Å²) in [7, 11) is 0. The summed E-state index contributed by atoms with van der Waals surface area (Å²) in [6.07, 6.45) is 2.10.